The summed E-state index contributed by atoms with van der Waals surface area (Å²) in [5.74, 6) is 0.803. The van der Waals surface area contributed by atoms with E-state index < -0.39 is 5.54 Å². The van der Waals surface area contributed by atoms with Gasteiger partial charge in [0.1, 0.15) is 5.75 Å². The molecule has 0 aliphatic rings. The van der Waals surface area contributed by atoms with Gasteiger partial charge in [0.2, 0.25) is 0 Å². The van der Waals surface area contributed by atoms with Crippen molar-refractivity contribution in [3.63, 3.8) is 0 Å². The van der Waals surface area contributed by atoms with Gasteiger partial charge in [0.15, 0.2) is 0 Å². The highest BCUT2D eigenvalue weighted by atomic mass is 79.9. The van der Waals surface area contributed by atoms with E-state index >= 15 is 0 Å². The maximum absolute atomic E-state index is 9.78. The smallest absolute Gasteiger partial charge is 0.118 e. The average Bonchev–Trinajstić information content (AvgIpc) is 2.49. The fourth-order valence-corrected chi connectivity index (χ4v) is 2.28. The second kappa shape index (κ2) is 6.29. The van der Waals surface area contributed by atoms with Gasteiger partial charge in [0.25, 0.3) is 0 Å². The predicted octanol–water partition coefficient (Wildman–Crippen LogP) is 3.78. The number of hydrogen-bond acceptors (Lipinski definition) is 3. The van der Waals surface area contributed by atoms with E-state index in [1.165, 1.54) is 0 Å². The van der Waals surface area contributed by atoms with Crippen LogP contribution in [0.5, 0.6) is 5.75 Å². The van der Waals surface area contributed by atoms with Crippen LogP contribution in [0.3, 0.4) is 0 Å². The molecule has 0 aliphatic carbocycles. The van der Waals surface area contributed by atoms with Gasteiger partial charge < -0.3 is 15.2 Å². The van der Waals surface area contributed by atoms with E-state index in [-0.39, 0.29) is 6.61 Å². The van der Waals surface area contributed by atoms with Crippen LogP contribution >= 0.6 is 15.9 Å². The molecule has 1 atom stereocenters. The summed E-state index contributed by atoms with van der Waals surface area (Å²) < 4.78 is 6.18. The Labute approximate surface area is 127 Å². The van der Waals surface area contributed by atoms with Crippen molar-refractivity contribution >= 4 is 21.6 Å². The van der Waals surface area contributed by atoms with Crippen LogP contribution in [0, 0.1) is 0 Å². The molecule has 0 radical (unpaired) electrons. The lowest BCUT2D eigenvalue weighted by Crippen LogP contribution is -2.35. The molecule has 0 bridgehead atoms. The molecule has 0 saturated heterocycles. The first kappa shape index (κ1) is 14.9. The van der Waals surface area contributed by atoms with Gasteiger partial charge in [-0.25, -0.2) is 0 Å². The molecular weight excluding hydrogens is 318 g/mol. The Balaban J connectivity index is 2.25. The fourth-order valence-electron chi connectivity index (χ4n) is 2.01. The minimum atomic E-state index is -0.542. The molecule has 2 rings (SSSR count). The summed E-state index contributed by atoms with van der Waals surface area (Å²) in [5.41, 5.74) is 1.42. The third-order valence-electron chi connectivity index (χ3n) is 3.31. The van der Waals surface area contributed by atoms with Crippen LogP contribution < -0.4 is 10.1 Å². The molecule has 0 heterocycles. The molecule has 0 aliphatic heterocycles. The van der Waals surface area contributed by atoms with Crippen molar-refractivity contribution in [1.29, 1.82) is 0 Å². The topological polar surface area (TPSA) is 41.5 Å². The molecule has 0 saturated carbocycles. The van der Waals surface area contributed by atoms with Gasteiger partial charge in [-0.3, -0.25) is 0 Å². The molecule has 2 N–H and O–H groups in total. The summed E-state index contributed by atoms with van der Waals surface area (Å²) >= 11 is 3.41. The Hall–Kier alpha value is -1.52. The highest BCUT2D eigenvalue weighted by molar-refractivity contribution is 9.10. The quantitative estimate of drug-likeness (QED) is 0.873. The van der Waals surface area contributed by atoms with Gasteiger partial charge in [-0.15, -0.1) is 0 Å². The standard InChI is InChI=1S/C16H18BrNO2/c1-16(11-19,12-3-9-15(20-2)10-4-12)18-14-7-5-13(17)6-8-14/h3-10,18-19H,11H2,1-2H3. The number of hydrogen-bond donors (Lipinski definition) is 2. The largest absolute Gasteiger partial charge is 0.497 e. The van der Waals surface area contributed by atoms with Crippen molar-refractivity contribution < 1.29 is 9.84 Å². The molecule has 4 heteroatoms. The zero-order chi connectivity index (χ0) is 14.6. The van der Waals surface area contributed by atoms with E-state index in [9.17, 15) is 5.11 Å². The second-order valence-electron chi connectivity index (χ2n) is 4.85. The Bertz CT molecular complexity index is 554. The maximum Gasteiger partial charge on any atom is 0.118 e. The van der Waals surface area contributed by atoms with Crippen molar-refractivity contribution in [2.45, 2.75) is 12.5 Å². The van der Waals surface area contributed by atoms with E-state index in [1.54, 1.807) is 7.11 Å². The molecule has 106 valence electrons. The molecule has 2 aromatic rings. The zero-order valence-electron chi connectivity index (χ0n) is 11.6. The van der Waals surface area contributed by atoms with E-state index in [0.717, 1.165) is 21.5 Å². The van der Waals surface area contributed by atoms with Crippen molar-refractivity contribution in [2.75, 3.05) is 19.0 Å². The predicted molar refractivity (Wildman–Crippen MR) is 85.2 cm³/mol. The third-order valence-corrected chi connectivity index (χ3v) is 3.84. The summed E-state index contributed by atoms with van der Waals surface area (Å²) in [5, 5.41) is 13.2. The molecule has 20 heavy (non-hydrogen) atoms. The number of anilines is 1. The molecule has 0 fully saturated rings. The number of nitrogens with one attached hydrogen (secondary N) is 1. The van der Waals surface area contributed by atoms with Gasteiger partial charge in [-0.05, 0) is 48.9 Å². The Kier molecular flexibility index (Phi) is 4.68. The number of methoxy groups -OCH3 is 1. The molecular formula is C16H18BrNO2. The zero-order valence-corrected chi connectivity index (χ0v) is 13.1. The number of aliphatic hydroxyl groups excluding tert-OH is 1. The van der Waals surface area contributed by atoms with Gasteiger partial charge in [0, 0.05) is 10.2 Å². The van der Waals surface area contributed by atoms with Crippen molar-refractivity contribution in [1.82, 2.24) is 0 Å². The van der Waals surface area contributed by atoms with E-state index in [2.05, 4.69) is 21.2 Å². The van der Waals surface area contributed by atoms with Crippen LogP contribution in [0.1, 0.15) is 12.5 Å². The van der Waals surface area contributed by atoms with E-state index in [1.807, 2.05) is 55.5 Å². The van der Waals surface area contributed by atoms with Crippen LogP contribution in [0.25, 0.3) is 0 Å². The van der Waals surface area contributed by atoms with Crippen molar-refractivity contribution in [3.05, 3.63) is 58.6 Å². The SMILES string of the molecule is COc1ccc(C(C)(CO)Nc2ccc(Br)cc2)cc1. The van der Waals surface area contributed by atoms with Crippen LogP contribution in [0.2, 0.25) is 0 Å². The lowest BCUT2D eigenvalue weighted by atomic mass is 9.92. The number of benzene rings is 2. The molecule has 0 aromatic heterocycles. The minimum Gasteiger partial charge on any atom is -0.497 e. The van der Waals surface area contributed by atoms with Crippen LogP contribution in [0.4, 0.5) is 5.69 Å². The number of aliphatic hydroxyl groups is 1. The Morgan fingerprint density at radius 2 is 1.70 bits per heavy atom. The molecule has 0 amide bonds. The summed E-state index contributed by atoms with van der Waals surface area (Å²) in [4.78, 5) is 0. The summed E-state index contributed by atoms with van der Waals surface area (Å²) in [6.45, 7) is 1.96. The van der Waals surface area contributed by atoms with E-state index in [0.29, 0.717) is 0 Å². The lowest BCUT2D eigenvalue weighted by Gasteiger charge is -2.30. The lowest BCUT2D eigenvalue weighted by molar-refractivity contribution is 0.224. The Morgan fingerprint density at radius 3 is 2.20 bits per heavy atom. The van der Waals surface area contributed by atoms with Gasteiger partial charge >= 0.3 is 0 Å². The number of halogens is 1. The molecule has 2 aromatic carbocycles. The van der Waals surface area contributed by atoms with E-state index in [4.69, 9.17) is 4.74 Å². The third kappa shape index (κ3) is 3.32. The summed E-state index contributed by atoms with van der Waals surface area (Å²) in [6, 6.07) is 15.6. The Morgan fingerprint density at radius 1 is 1.10 bits per heavy atom. The second-order valence-corrected chi connectivity index (χ2v) is 5.77. The number of rotatable bonds is 5. The summed E-state index contributed by atoms with van der Waals surface area (Å²) in [6.07, 6.45) is 0. The van der Waals surface area contributed by atoms with Crippen LogP contribution in [0.15, 0.2) is 53.0 Å². The van der Waals surface area contributed by atoms with Gasteiger partial charge in [-0.2, -0.15) is 0 Å². The maximum atomic E-state index is 9.78. The summed E-state index contributed by atoms with van der Waals surface area (Å²) in [7, 11) is 1.64. The molecule has 0 spiro atoms. The highest BCUT2D eigenvalue weighted by Crippen LogP contribution is 2.28. The first-order valence-electron chi connectivity index (χ1n) is 6.36. The van der Waals surface area contributed by atoms with Crippen molar-refractivity contribution in [2.24, 2.45) is 0 Å². The fraction of sp³-hybridized carbons (Fsp3) is 0.250. The van der Waals surface area contributed by atoms with Crippen molar-refractivity contribution in [3.8, 4) is 5.75 Å². The minimum absolute atomic E-state index is 0.00457. The average molecular weight is 336 g/mol. The monoisotopic (exact) mass is 335 g/mol. The number of ether oxygens (including phenoxy) is 1. The first-order valence-corrected chi connectivity index (χ1v) is 7.16. The highest BCUT2D eigenvalue weighted by Gasteiger charge is 2.25. The van der Waals surface area contributed by atoms with Gasteiger partial charge in [-0.1, -0.05) is 28.1 Å². The normalized spacial score (nSPS) is 13.6. The first-order chi connectivity index (χ1) is 9.57. The van der Waals surface area contributed by atoms with Crippen LogP contribution in [-0.4, -0.2) is 18.8 Å². The molecule has 1 unspecified atom stereocenters. The van der Waals surface area contributed by atoms with Gasteiger partial charge in [0.05, 0.1) is 19.3 Å². The molecule has 3 nitrogen and oxygen atoms in total. The van der Waals surface area contributed by atoms with Crippen LogP contribution in [-0.2, 0) is 5.54 Å².